The van der Waals surface area contributed by atoms with Gasteiger partial charge in [0.1, 0.15) is 17.1 Å². The Labute approximate surface area is 201 Å². The average Bonchev–Trinajstić information content (AvgIpc) is 3.30. The van der Waals surface area contributed by atoms with E-state index >= 15 is 0 Å². The van der Waals surface area contributed by atoms with Crippen molar-refractivity contribution in [2.24, 2.45) is 5.73 Å². The number of halogens is 2. The van der Waals surface area contributed by atoms with E-state index in [0.29, 0.717) is 24.5 Å². The van der Waals surface area contributed by atoms with Gasteiger partial charge in [-0.15, -0.1) is 0 Å². The van der Waals surface area contributed by atoms with Gasteiger partial charge in [0.15, 0.2) is 0 Å². The van der Waals surface area contributed by atoms with Gasteiger partial charge in [-0.25, -0.2) is 4.79 Å². The minimum atomic E-state index is -0.727. The number of ether oxygens (including phenoxy) is 1. The maximum Gasteiger partial charge on any atom is 0.316 e. The highest BCUT2D eigenvalue weighted by Crippen LogP contribution is 2.43. The second-order valence-corrected chi connectivity index (χ2v) is 9.94. The molecule has 0 aromatic heterocycles. The van der Waals surface area contributed by atoms with E-state index in [-0.39, 0.29) is 22.4 Å². The third-order valence-electron chi connectivity index (χ3n) is 6.96. The molecule has 176 valence electrons. The number of primary amides is 1. The number of rotatable bonds is 3. The lowest BCUT2D eigenvalue weighted by atomic mass is 9.86. The summed E-state index contributed by atoms with van der Waals surface area (Å²) in [5, 5.41) is 24.4. The van der Waals surface area contributed by atoms with Gasteiger partial charge in [0.25, 0.3) is 0 Å². The molecule has 33 heavy (non-hydrogen) atoms. The van der Waals surface area contributed by atoms with Gasteiger partial charge in [-0.05, 0) is 29.8 Å². The molecule has 2 atom stereocenters. The van der Waals surface area contributed by atoms with Crippen LogP contribution in [0.15, 0.2) is 30.3 Å². The third-order valence-corrected chi connectivity index (χ3v) is 7.50. The van der Waals surface area contributed by atoms with Crippen molar-refractivity contribution in [2.45, 2.75) is 37.0 Å². The fourth-order valence-electron chi connectivity index (χ4n) is 5.31. The molecule has 3 aliphatic rings. The second kappa shape index (κ2) is 8.43. The molecule has 0 aliphatic carbocycles. The topological polar surface area (TPSA) is 111 Å². The van der Waals surface area contributed by atoms with Gasteiger partial charge in [-0.3, -0.25) is 4.90 Å². The quantitative estimate of drug-likeness (QED) is 0.489. The van der Waals surface area contributed by atoms with E-state index in [9.17, 15) is 15.0 Å². The lowest BCUT2D eigenvalue weighted by Gasteiger charge is -2.41. The Hall–Kier alpha value is -2.39. The van der Waals surface area contributed by atoms with E-state index in [1.165, 1.54) is 12.1 Å². The van der Waals surface area contributed by atoms with Crippen molar-refractivity contribution in [3.05, 3.63) is 45.9 Å². The monoisotopic (exact) mass is 492 g/mol. The minimum absolute atomic E-state index is 0.0835. The zero-order valence-corrected chi connectivity index (χ0v) is 19.4. The SMILES string of the molecule is NC(=O)Nc1cc(Cl)c(O)cc1N1CC(N2CCC3(CC2)Cc2cc(Cl)ccc2O3)[C@H](O)C1. The Balaban J connectivity index is 1.28. The lowest BCUT2D eigenvalue weighted by molar-refractivity contribution is -0.0107. The molecule has 0 bridgehead atoms. The number of phenolic OH excluding ortho intramolecular Hbond substituents is 1. The van der Waals surface area contributed by atoms with Crippen LogP contribution in [0.4, 0.5) is 16.2 Å². The van der Waals surface area contributed by atoms with Crippen LogP contribution in [0.3, 0.4) is 0 Å². The third kappa shape index (κ3) is 4.28. The highest BCUT2D eigenvalue weighted by atomic mass is 35.5. The van der Waals surface area contributed by atoms with Gasteiger partial charge >= 0.3 is 6.03 Å². The number of aliphatic hydroxyl groups is 1. The second-order valence-electron chi connectivity index (χ2n) is 9.10. The number of fused-ring (bicyclic) bond motifs is 1. The molecule has 2 amide bonds. The summed E-state index contributed by atoms with van der Waals surface area (Å²) in [6.07, 6.45) is 1.98. The van der Waals surface area contributed by atoms with Gasteiger partial charge in [-0.1, -0.05) is 23.2 Å². The standard InChI is InChI=1S/C23H26Cl2N4O4/c24-14-1-2-21-13(7-14)10-23(33-21)3-5-28(6-4-23)18-11-29(12-20(18)31)17-9-19(30)15(25)8-16(17)27-22(26)32/h1-2,7-9,18,20,30-31H,3-6,10-12H2,(H3,26,27,32)/t18?,20-/m1/s1. The number of hydrogen-bond donors (Lipinski definition) is 4. The predicted octanol–water partition coefficient (Wildman–Crippen LogP) is 3.21. The number of nitrogens with one attached hydrogen (secondary N) is 1. The number of anilines is 2. The summed E-state index contributed by atoms with van der Waals surface area (Å²) >= 11 is 12.2. The number of carbonyl (C=O) groups excluding carboxylic acids is 1. The fourth-order valence-corrected chi connectivity index (χ4v) is 5.67. The molecule has 1 spiro atoms. The van der Waals surface area contributed by atoms with Crippen LogP contribution in [-0.4, -0.2) is 65.1 Å². The number of nitrogens with two attached hydrogens (primary N) is 1. The molecule has 3 heterocycles. The molecule has 2 aromatic carbocycles. The van der Waals surface area contributed by atoms with Crippen LogP contribution in [0.25, 0.3) is 0 Å². The number of carbonyl (C=O) groups is 1. The first-order chi connectivity index (χ1) is 15.7. The van der Waals surface area contributed by atoms with E-state index in [1.807, 2.05) is 23.1 Å². The molecular formula is C23H26Cl2N4O4. The molecule has 2 saturated heterocycles. The normalized spacial score (nSPS) is 24.0. The van der Waals surface area contributed by atoms with Crippen LogP contribution < -0.4 is 20.7 Å². The van der Waals surface area contributed by atoms with Crippen molar-refractivity contribution in [1.82, 2.24) is 4.90 Å². The van der Waals surface area contributed by atoms with Crippen molar-refractivity contribution in [3.63, 3.8) is 0 Å². The molecule has 8 nitrogen and oxygen atoms in total. The number of piperidine rings is 1. The summed E-state index contributed by atoms with van der Waals surface area (Å²) in [6, 6.07) is 7.92. The first-order valence-electron chi connectivity index (χ1n) is 11.0. The van der Waals surface area contributed by atoms with Crippen LogP contribution in [0.2, 0.25) is 10.0 Å². The highest BCUT2D eigenvalue weighted by molar-refractivity contribution is 6.32. The van der Waals surface area contributed by atoms with E-state index < -0.39 is 12.1 Å². The summed E-state index contributed by atoms with van der Waals surface area (Å²) in [4.78, 5) is 15.7. The number of likely N-dealkylation sites (tertiary alicyclic amines) is 1. The number of β-amino-alcohol motifs (C(OH)–C–C–N with tert-alkyl or cyclic N) is 1. The lowest BCUT2D eigenvalue weighted by Crippen LogP contribution is -2.53. The smallest absolute Gasteiger partial charge is 0.316 e. The first kappa shape index (κ1) is 22.4. The number of benzene rings is 2. The van der Waals surface area contributed by atoms with Crippen LogP contribution >= 0.6 is 23.2 Å². The molecule has 5 rings (SSSR count). The van der Waals surface area contributed by atoms with Crippen molar-refractivity contribution in [1.29, 1.82) is 0 Å². The van der Waals surface area contributed by atoms with Crippen molar-refractivity contribution in [2.75, 3.05) is 36.4 Å². The fraction of sp³-hybridized carbons (Fsp3) is 0.435. The minimum Gasteiger partial charge on any atom is -0.506 e. The average molecular weight is 493 g/mol. The summed E-state index contributed by atoms with van der Waals surface area (Å²) in [7, 11) is 0. The number of hydrogen-bond acceptors (Lipinski definition) is 6. The molecule has 3 aliphatic heterocycles. The molecule has 10 heteroatoms. The van der Waals surface area contributed by atoms with E-state index in [4.69, 9.17) is 33.7 Å². The molecule has 0 radical (unpaired) electrons. The van der Waals surface area contributed by atoms with Crippen molar-refractivity contribution >= 4 is 40.6 Å². The zero-order chi connectivity index (χ0) is 23.3. The number of urea groups is 1. The number of nitrogens with zero attached hydrogens (tertiary/aromatic N) is 2. The molecule has 1 unspecified atom stereocenters. The maximum absolute atomic E-state index is 11.4. The Morgan fingerprint density at radius 3 is 2.67 bits per heavy atom. The summed E-state index contributed by atoms with van der Waals surface area (Å²) < 4.78 is 6.35. The predicted molar refractivity (Wildman–Crippen MR) is 128 cm³/mol. The van der Waals surface area contributed by atoms with E-state index in [1.54, 1.807) is 0 Å². The molecule has 2 fully saturated rings. The van der Waals surface area contributed by atoms with Gasteiger partial charge in [-0.2, -0.15) is 0 Å². The van der Waals surface area contributed by atoms with Crippen LogP contribution in [0, 0.1) is 0 Å². The van der Waals surface area contributed by atoms with Gasteiger partial charge < -0.3 is 30.9 Å². The largest absolute Gasteiger partial charge is 0.506 e. The molecular weight excluding hydrogens is 467 g/mol. The number of aromatic hydroxyl groups is 1. The number of amides is 2. The number of phenols is 1. The summed E-state index contributed by atoms with van der Waals surface area (Å²) in [5.74, 6) is 0.814. The molecule has 0 saturated carbocycles. The van der Waals surface area contributed by atoms with Gasteiger partial charge in [0.2, 0.25) is 0 Å². The van der Waals surface area contributed by atoms with Crippen LogP contribution in [-0.2, 0) is 6.42 Å². The van der Waals surface area contributed by atoms with Crippen LogP contribution in [0.5, 0.6) is 11.5 Å². The first-order valence-corrected chi connectivity index (χ1v) is 11.7. The Morgan fingerprint density at radius 1 is 1.18 bits per heavy atom. The molecule has 2 aromatic rings. The van der Waals surface area contributed by atoms with Crippen molar-refractivity contribution < 1.29 is 19.7 Å². The van der Waals surface area contributed by atoms with E-state index in [2.05, 4.69) is 10.2 Å². The Morgan fingerprint density at radius 2 is 1.94 bits per heavy atom. The summed E-state index contributed by atoms with van der Waals surface area (Å²) in [5.41, 5.74) is 7.20. The molecule has 5 N–H and O–H groups in total. The van der Waals surface area contributed by atoms with Crippen molar-refractivity contribution in [3.8, 4) is 11.5 Å². The maximum atomic E-state index is 11.4. The van der Waals surface area contributed by atoms with E-state index in [0.717, 1.165) is 48.7 Å². The number of aliphatic hydroxyl groups excluding tert-OH is 1. The zero-order valence-electron chi connectivity index (χ0n) is 17.9. The Kier molecular flexibility index (Phi) is 5.73. The van der Waals surface area contributed by atoms with Crippen LogP contribution in [0.1, 0.15) is 18.4 Å². The summed E-state index contributed by atoms with van der Waals surface area (Å²) in [6.45, 7) is 2.51. The Bertz CT molecular complexity index is 1090. The highest BCUT2D eigenvalue weighted by Gasteiger charge is 2.45. The van der Waals surface area contributed by atoms with Gasteiger partial charge in [0.05, 0.1) is 28.5 Å². The van der Waals surface area contributed by atoms with Gasteiger partial charge in [0, 0.05) is 56.5 Å².